The maximum atomic E-state index is 11.2. The molecule has 0 aromatic heterocycles. The van der Waals surface area contributed by atoms with E-state index in [1.54, 1.807) is 6.07 Å². The fraction of sp³-hybridized carbons (Fsp3) is 0.455. The van der Waals surface area contributed by atoms with Crippen LogP contribution < -0.4 is 4.74 Å². The third-order valence-electron chi connectivity index (χ3n) is 6.20. The average Bonchev–Trinajstić information content (AvgIpc) is 3.30. The Morgan fingerprint density at radius 3 is 2.54 bits per heavy atom. The number of aromatic hydroxyl groups is 1. The summed E-state index contributed by atoms with van der Waals surface area (Å²) >= 11 is 0. The second kappa shape index (κ2) is 6.62. The van der Waals surface area contributed by atoms with Gasteiger partial charge in [-0.2, -0.15) is 0 Å². The molecule has 28 heavy (non-hydrogen) atoms. The van der Waals surface area contributed by atoms with Crippen molar-refractivity contribution in [2.24, 2.45) is 0 Å². The topological polar surface area (TPSA) is 87.0 Å². The number of hydrogen-bond donors (Lipinski definition) is 3. The van der Waals surface area contributed by atoms with Crippen LogP contribution in [0.2, 0.25) is 0 Å². The number of hydrogen-bond acceptors (Lipinski definition) is 3. The third-order valence-corrected chi connectivity index (χ3v) is 6.67. The minimum absolute atomic E-state index is 0.155. The molecule has 4 rings (SSSR count). The van der Waals surface area contributed by atoms with Crippen molar-refractivity contribution < 1.29 is 24.2 Å². The molecule has 1 fully saturated rings. The molecule has 0 bridgehead atoms. The Bertz CT molecular complexity index is 971. The summed E-state index contributed by atoms with van der Waals surface area (Å²) in [5.41, 5.74) is 6.00. The summed E-state index contributed by atoms with van der Waals surface area (Å²) in [6.07, 6.45) is 2.70. The first kappa shape index (κ1) is 19.5. The second-order valence-electron chi connectivity index (χ2n) is 8.65. The van der Waals surface area contributed by atoms with E-state index in [1.165, 1.54) is 16.7 Å². The van der Waals surface area contributed by atoms with Gasteiger partial charge in [-0.1, -0.05) is 26.0 Å². The summed E-state index contributed by atoms with van der Waals surface area (Å²) in [6, 6.07) is 9.82. The van der Waals surface area contributed by atoms with Crippen molar-refractivity contribution in [2.45, 2.75) is 57.3 Å². The number of phenolic OH excluding ortho intramolecular Hbond substituents is 1. The monoisotopic (exact) mass is 402 g/mol. The van der Waals surface area contributed by atoms with Crippen molar-refractivity contribution in [3.05, 3.63) is 58.1 Å². The van der Waals surface area contributed by atoms with Crippen molar-refractivity contribution in [1.82, 2.24) is 0 Å². The molecule has 3 N–H and O–H groups in total. The summed E-state index contributed by atoms with van der Waals surface area (Å²) < 4.78 is 16.6. The van der Waals surface area contributed by atoms with E-state index in [2.05, 4.69) is 19.9 Å². The molecule has 1 unspecified atom stereocenters. The lowest BCUT2D eigenvalue weighted by atomic mass is 9.87. The maximum Gasteiger partial charge on any atom is 0.362 e. The minimum Gasteiger partial charge on any atom is -0.508 e. The number of benzene rings is 2. The summed E-state index contributed by atoms with van der Waals surface area (Å²) in [5, 5.41) is 10.2. The van der Waals surface area contributed by atoms with Crippen molar-refractivity contribution >= 4 is 7.60 Å². The number of phenols is 1. The van der Waals surface area contributed by atoms with Crippen LogP contribution in [0.4, 0.5) is 0 Å². The third kappa shape index (κ3) is 3.47. The van der Waals surface area contributed by atoms with E-state index >= 15 is 0 Å². The number of ether oxygens (including phenoxy) is 1. The number of rotatable bonds is 5. The van der Waals surface area contributed by atoms with Crippen molar-refractivity contribution in [3.63, 3.8) is 0 Å². The lowest BCUT2D eigenvalue weighted by molar-refractivity contribution is 0.300. The first-order valence-electron chi connectivity index (χ1n) is 9.75. The minimum atomic E-state index is -4.21. The van der Waals surface area contributed by atoms with Gasteiger partial charge in [-0.05, 0) is 83.5 Å². The molecule has 150 valence electrons. The molecule has 1 saturated carbocycles. The van der Waals surface area contributed by atoms with Crippen LogP contribution >= 0.6 is 7.60 Å². The lowest BCUT2D eigenvalue weighted by Crippen LogP contribution is -2.03. The molecular weight excluding hydrogens is 375 g/mol. The highest BCUT2D eigenvalue weighted by molar-refractivity contribution is 7.51. The average molecular weight is 402 g/mol. The van der Waals surface area contributed by atoms with Crippen LogP contribution in [-0.2, 0) is 9.98 Å². The Morgan fingerprint density at radius 1 is 1.21 bits per heavy atom. The quantitative estimate of drug-likeness (QED) is 0.619. The zero-order chi connectivity index (χ0) is 20.3. The van der Waals surface area contributed by atoms with Crippen LogP contribution in [0.3, 0.4) is 0 Å². The first-order chi connectivity index (χ1) is 13.1. The predicted octanol–water partition coefficient (Wildman–Crippen LogP) is 4.91. The van der Waals surface area contributed by atoms with Crippen LogP contribution in [0.15, 0.2) is 30.3 Å². The van der Waals surface area contributed by atoms with Crippen molar-refractivity contribution in [2.75, 3.05) is 6.35 Å². The molecule has 6 heteroatoms. The Kier molecular flexibility index (Phi) is 4.61. The number of fused-ring (bicyclic) bond motifs is 2. The van der Waals surface area contributed by atoms with Crippen molar-refractivity contribution in [1.29, 1.82) is 0 Å². The SMILES string of the molecule is Cc1cc(OCP(=O)(O)O)cc2c1C(c1ccc(O)c(C(C)C)c1)CC21CC1. The highest BCUT2D eigenvalue weighted by Gasteiger charge is 2.53. The molecule has 0 saturated heterocycles. The molecule has 0 radical (unpaired) electrons. The van der Waals surface area contributed by atoms with E-state index in [9.17, 15) is 9.67 Å². The molecule has 2 aromatic carbocycles. The molecule has 1 spiro atoms. The molecule has 0 aliphatic heterocycles. The van der Waals surface area contributed by atoms with E-state index in [0.29, 0.717) is 11.5 Å². The maximum absolute atomic E-state index is 11.2. The van der Waals surface area contributed by atoms with Crippen LogP contribution in [0.1, 0.15) is 72.8 Å². The van der Waals surface area contributed by atoms with E-state index in [1.807, 2.05) is 25.1 Å². The molecule has 2 aliphatic carbocycles. The van der Waals surface area contributed by atoms with Gasteiger partial charge in [0, 0.05) is 5.92 Å². The summed E-state index contributed by atoms with van der Waals surface area (Å²) in [4.78, 5) is 18.2. The van der Waals surface area contributed by atoms with E-state index in [-0.39, 0.29) is 17.3 Å². The lowest BCUT2D eigenvalue weighted by Gasteiger charge is -2.18. The van der Waals surface area contributed by atoms with Gasteiger partial charge in [-0.3, -0.25) is 4.57 Å². The summed E-state index contributed by atoms with van der Waals surface area (Å²) in [6.45, 7) is 6.21. The van der Waals surface area contributed by atoms with E-state index < -0.39 is 13.9 Å². The van der Waals surface area contributed by atoms with Gasteiger partial charge < -0.3 is 19.6 Å². The molecule has 2 aromatic rings. The fourth-order valence-corrected chi connectivity index (χ4v) is 4.99. The van der Waals surface area contributed by atoms with Gasteiger partial charge in [0.05, 0.1) is 0 Å². The summed E-state index contributed by atoms with van der Waals surface area (Å²) in [7, 11) is -4.21. The van der Waals surface area contributed by atoms with Gasteiger partial charge in [-0.15, -0.1) is 0 Å². The molecule has 0 amide bonds. The number of aryl methyl sites for hydroxylation is 1. The Hall–Kier alpha value is -1.81. The van der Waals surface area contributed by atoms with Gasteiger partial charge >= 0.3 is 7.60 Å². The normalized spacial score (nSPS) is 19.9. The highest BCUT2D eigenvalue weighted by Crippen LogP contribution is 2.63. The van der Waals surface area contributed by atoms with Gasteiger partial charge in [0.25, 0.3) is 0 Å². The summed E-state index contributed by atoms with van der Waals surface area (Å²) in [5.74, 6) is 1.39. The van der Waals surface area contributed by atoms with Gasteiger partial charge in [0.1, 0.15) is 11.5 Å². The fourth-order valence-electron chi connectivity index (χ4n) is 4.67. The second-order valence-corrected chi connectivity index (χ2v) is 10.2. The van der Waals surface area contributed by atoms with Crippen molar-refractivity contribution in [3.8, 4) is 11.5 Å². The zero-order valence-corrected chi connectivity index (χ0v) is 17.4. The predicted molar refractivity (Wildman–Crippen MR) is 108 cm³/mol. The Morgan fingerprint density at radius 2 is 1.93 bits per heavy atom. The molecular formula is C22H27O5P. The molecule has 2 aliphatic rings. The van der Waals surface area contributed by atoms with E-state index in [4.69, 9.17) is 14.5 Å². The molecule has 0 heterocycles. The van der Waals surface area contributed by atoms with Gasteiger partial charge in [-0.25, -0.2) is 0 Å². The smallest absolute Gasteiger partial charge is 0.362 e. The Balaban J connectivity index is 1.74. The zero-order valence-electron chi connectivity index (χ0n) is 16.5. The van der Waals surface area contributed by atoms with Crippen LogP contribution in [-0.4, -0.2) is 21.2 Å². The molecule has 1 atom stereocenters. The first-order valence-corrected chi connectivity index (χ1v) is 11.5. The largest absolute Gasteiger partial charge is 0.508 e. The van der Waals surface area contributed by atoms with E-state index in [0.717, 1.165) is 30.4 Å². The standard InChI is InChI=1S/C22H27O5P/c1-13(2)17-9-15(4-5-20(17)23)18-11-22(6-7-22)19-10-16(8-14(3)21(18)19)27-12-28(24,25)26/h4-5,8-10,13,18,23H,6-7,11-12H2,1-3H3,(H2,24,25,26). The highest BCUT2D eigenvalue weighted by atomic mass is 31.2. The van der Waals surface area contributed by atoms with Crippen LogP contribution in [0.25, 0.3) is 0 Å². The Labute approximate surface area is 165 Å². The van der Waals surface area contributed by atoms with Gasteiger partial charge in [0.15, 0.2) is 6.35 Å². The van der Waals surface area contributed by atoms with Gasteiger partial charge in [0.2, 0.25) is 0 Å². The van der Waals surface area contributed by atoms with Crippen LogP contribution in [0.5, 0.6) is 11.5 Å². The molecule has 5 nitrogen and oxygen atoms in total. The van der Waals surface area contributed by atoms with Crippen LogP contribution in [0, 0.1) is 6.92 Å².